The minimum absolute atomic E-state index is 0.213. The van der Waals surface area contributed by atoms with Gasteiger partial charge in [-0.15, -0.1) is 5.10 Å². The molecule has 0 radical (unpaired) electrons. The van der Waals surface area contributed by atoms with E-state index in [1.165, 1.54) is 0 Å². The molecule has 0 bridgehead atoms. The summed E-state index contributed by atoms with van der Waals surface area (Å²) in [4.78, 5) is 0. The molecule has 2 rings (SSSR count). The Morgan fingerprint density at radius 3 is 2.63 bits per heavy atom. The molecule has 102 valence electrons. The zero-order valence-corrected chi connectivity index (χ0v) is 11.2. The Balaban J connectivity index is 2.26. The molecule has 1 heterocycles. The van der Waals surface area contributed by atoms with Crippen LogP contribution in [0.2, 0.25) is 0 Å². The van der Waals surface area contributed by atoms with Crippen LogP contribution in [-0.4, -0.2) is 34.4 Å². The molecule has 1 aromatic carbocycles. The molecule has 7 nitrogen and oxygen atoms in total. The summed E-state index contributed by atoms with van der Waals surface area (Å²) in [5, 5.41) is 11.5. The fourth-order valence-corrected chi connectivity index (χ4v) is 1.80. The zero-order chi connectivity index (χ0) is 13.8. The highest BCUT2D eigenvalue weighted by Crippen LogP contribution is 2.27. The van der Waals surface area contributed by atoms with Crippen molar-refractivity contribution < 1.29 is 9.47 Å². The number of ether oxygens (including phenoxy) is 2. The van der Waals surface area contributed by atoms with Crippen molar-refractivity contribution in [2.45, 2.75) is 19.5 Å². The van der Waals surface area contributed by atoms with Crippen LogP contribution in [-0.2, 0) is 6.54 Å². The summed E-state index contributed by atoms with van der Waals surface area (Å²) in [6, 6.07) is 5.47. The molecular weight excluding hydrogens is 246 g/mol. The van der Waals surface area contributed by atoms with Crippen molar-refractivity contribution in [3.8, 4) is 11.5 Å². The predicted octanol–water partition coefficient (Wildman–Crippen LogP) is 0.758. The van der Waals surface area contributed by atoms with Gasteiger partial charge in [0.1, 0.15) is 0 Å². The molecule has 2 aromatic rings. The van der Waals surface area contributed by atoms with Gasteiger partial charge in [-0.2, -0.15) is 0 Å². The number of methoxy groups -OCH3 is 2. The van der Waals surface area contributed by atoms with E-state index in [4.69, 9.17) is 15.2 Å². The summed E-state index contributed by atoms with van der Waals surface area (Å²) in [6.45, 7) is 2.38. The van der Waals surface area contributed by atoms with E-state index in [-0.39, 0.29) is 6.04 Å². The second-order valence-electron chi connectivity index (χ2n) is 4.17. The summed E-state index contributed by atoms with van der Waals surface area (Å²) < 4.78 is 12.1. The lowest BCUT2D eigenvalue weighted by atomic mass is 10.2. The maximum Gasteiger partial charge on any atom is 0.168 e. The van der Waals surface area contributed by atoms with Crippen LogP contribution in [0, 0.1) is 0 Å². The van der Waals surface area contributed by atoms with Crippen LogP contribution in [0.5, 0.6) is 11.5 Å². The van der Waals surface area contributed by atoms with Gasteiger partial charge in [0.05, 0.1) is 26.8 Å². The first-order valence-corrected chi connectivity index (χ1v) is 5.88. The topological polar surface area (TPSA) is 88.1 Å². The van der Waals surface area contributed by atoms with Crippen molar-refractivity contribution in [2.75, 3.05) is 14.2 Å². The van der Waals surface area contributed by atoms with Crippen molar-refractivity contribution in [3.63, 3.8) is 0 Å². The van der Waals surface area contributed by atoms with Crippen molar-refractivity contribution in [3.05, 3.63) is 29.6 Å². The standard InChI is InChI=1S/C12H17N5O2/c1-8(13)12-14-15-16-17(12)7-9-4-5-10(18-2)11(6-9)19-3/h4-6,8H,7,13H2,1-3H3. The monoisotopic (exact) mass is 263 g/mol. The summed E-state index contributed by atoms with van der Waals surface area (Å²) in [5.74, 6) is 2.01. The van der Waals surface area contributed by atoms with Gasteiger partial charge in [0, 0.05) is 0 Å². The molecule has 0 aliphatic rings. The Morgan fingerprint density at radius 2 is 2.00 bits per heavy atom. The van der Waals surface area contributed by atoms with E-state index in [1.54, 1.807) is 18.9 Å². The van der Waals surface area contributed by atoms with Crippen molar-refractivity contribution >= 4 is 0 Å². The van der Waals surface area contributed by atoms with Crippen molar-refractivity contribution in [1.29, 1.82) is 0 Å². The molecule has 0 amide bonds. The van der Waals surface area contributed by atoms with Gasteiger partial charge in [0.2, 0.25) is 0 Å². The van der Waals surface area contributed by atoms with Gasteiger partial charge in [-0.05, 0) is 35.0 Å². The number of nitrogens with zero attached hydrogens (tertiary/aromatic N) is 4. The van der Waals surface area contributed by atoms with Crippen LogP contribution in [0.1, 0.15) is 24.4 Å². The molecule has 7 heteroatoms. The first-order chi connectivity index (χ1) is 9.15. The maximum absolute atomic E-state index is 5.81. The Labute approximate surface area is 111 Å². The number of tetrazole rings is 1. The molecule has 0 aliphatic heterocycles. The minimum atomic E-state index is -0.213. The van der Waals surface area contributed by atoms with E-state index in [9.17, 15) is 0 Å². The summed E-state index contributed by atoms with van der Waals surface area (Å²) in [7, 11) is 3.21. The van der Waals surface area contributed by atoms with Crippen LogP contribution < -0.4 is 15.2 Å². The quantitative estimate of drug-likeness (QED) is 0.856. The summed E-state index contributed by atoms with van der Waals surface area (Å²) in [6.07, 6.45) is 0. The van der Waals surface area contributed by atoms with Gasteiger partial charge >= 0.3 is 0 Å². The first-order valence-electron chi connectivity index (χ1n) is 5.88. The van der Waals surface area contributed by atoms with E-state index in [0.29, 0.717) is 23.9 Å². The van der Waals surface area contributed by atoms with Gasteiger partial charge in [-0.3, -0.25) is 0 Å². The molecule has 0 spiro atoms. The second kappa shape index (κ2) is 5.66. The highest BCUT2D eigenvalue weighted by Gasteiger charge is 2.12. The molecular formula is C12H17N5O2. The number of hydrogen-bond acceptors (Lipinski definition) is 6. The molecule has 0 aliphatic carbocycles. The third kappa shape index (κ3) is 2.82. The van der Waals surface area contributed by atoms with Gasteiger partial charge in [0.25, 0.3) is 0 Å². The van der Waals surface area contributed by atoms with E-state index in [1.807, 2.05) is 25.1 Å². The van der Waals surface area contributed by atoms with Crippen LogP contribution in [0.25, 0.3) is 0 Å². The average Bonchev–Trinajstić information content (AvgIpc) is 2.87. The van der Waals surface area contributed by atoms with Crippen LogP contribution in [0.15, 0.2) is 18.2 Å². The van der Waals surface area contributed by atoms with Gasteiger partial charge in [-0.25, -0.2) is 4.68 Å². The van der Waals surface area contributed by atoms with E-state index >= 15 is 0 Å². The van der Waals surface area contributed by atoms with Gasteiger partial charge in [-0.1, -0.05) is 6.07 Å². The minimum Gasteiger partial charge on any atom is -0.493 e. The molecule has 0 saturated heterocycles. The van der Waals surface area contributed by atoms with Crippen LogP contribution in [0.3, 0.4) is 0 Å². The number of hydrogen-bond donors (Lipinski definition) is 1. The number of benzene rings is 1. The molecule has 1 unspecified atom stereocenters. The fourth-order valence-electron chi connectivity index (χ4n) is 1.80. The van der Waals surface area contributed by atoms with E-state index < -0.39 is 0 Å². The van der Waals surface area contributed by atoms with E-state index in [0.717, 1.165) is 5.56 Å². The smallest absolute Gasteiger partial charge is 0.168 e. The number of aromatic nitrogens is 4. The highest BCUT2D eigenvalue weighted by molar-refractivity contribution is 5.42. The molecule has 19 heavy (non-hydrogen) atoms. The first kappa shape index (κ1) is 13.3. The van der Waals surface area contributed by atoms with Crippen molar-refractivity contribution in [1.82, 2.24) is 20.2 Å². The van der Waals surface area contributed by atoms with Gasteiger partial charge in [0.15, 0.2) is 17.3 Å². The molecule has 2 N–H and O–H groups in total. The normalized spacial score (nSPS) is 12.2. The number of nitrogens with two attached hydrogens (primary N) is 1. The third-order valence-electron chi connectivity index (χ3n) is 2.75. The summed E-state index contributed by atoms with van der Waals surface area (Å²) >= 11 is 0. The van der Waals surface area contributed by atoms with Gasteiger partial charge < -0.3 is 15.2 Å². The molecule has 1 atom stereocenters. The van der Waals surface area contributed by atoms with Crippen molar-refractivity contribution in [2.24, 2.45) is 5.73 Å². The maximum atomic E-state index is 5.81. The lowest BCUT2D eigenvalue weighted by molar-refractivity contribution is 0.354. The summed E-state index contributed by atoms with van der Waals surface area (Å²) in [5.41, 5.74) is 6.81. The Hall–Kier alpha value is -2.15. The zero-order valence-electron chi connectivity index (χ0n) is 11.2. The fraction of sp³-hybridized carbons (Fsp3) is 0.417. The predicted molar refractivity (Wildman–Crippen MR) is 69.1 cm³/mol. The molecule has 0 fully saturated rings. The number of rotatable bonds is 5. The Kier molecular flexibility index (Phi) is 3.96. The molecule has 1 aromatic heterocycles. The van der Waals surface area contributed by atoms with Crippen LogP contribution >= 0.6 is 0 Å². The molecule has 0 saturated carbocycles. The Morgan fingerprint density at radius 1 is 1.26 bits per heavy atom. The third-order valence-corrected chi connectivity index (χ3v) is 2.75. The Bertz CT molecular complexity index is 553. The second-order valence-corrected chi connectivity index (χ2v) is 4.17. The van der Waals surface area contributed by atoms with E-state index in [2.05, 4.69) is 15.5 Å². The average molecular weight is 263 g/mol. The van der Waals surface area contributed by atoms with Crippen LogP contribution in [0.4, 0.5) is 0 Å². The highest BCUT2D eigenvalue weighted by atomic mass is 16.5. The largest absolute Gasteiger partial charge is 0.493 e. The lowest BCUT2D eigenvalue weighted by Crippen LogP contribution is -2.15. The lowest BCUT2D eigenvalue weighted by Gasteiger charge is -2.11. The SMILES string of the molecule is COc1ccc(Cn2nnnc2C(C)N)cc1OC.